The Balaban J connectivity index is 1.94. The zero-order chi connectivity index (χ0) is 11.6. The van der Waals surface area contributed by atoms with Crippen LogP contribution in [0.2, 0.25) is 0 Å². The van der Waals surface area contributed by atoms with Gasteiger partial charge in [0.1, 0.15) is 5.52 Å². The standard InChI is InChI=1S/C13H16N4/c1-8-6-14-12-11(15-8)9-5-13(3-4-13)17(2)7-10(9)16-12/h6H,3-5,7H2,1-2H3,(H,14,16). The predicted molar refractivity (Wildman–Crippen MR) is 65.8 cm³/mol. The molecule has 0 radical (unpaired) electrons. The minimum absolute atomic E-state index is 0.438. The van der Waals surface area contributed by atoms with Crippen LogP contribution in [0.3, 0.4) is 0 Å². The van der Waals surface area contributed by atoms with Crippen molar-refractivity contribution in [3.05, 3.63) is 23.1 Å². The van der Waals surface area contributed by atoms with Gasteiger partial charge in [-0.05, 0) is 33.2 Å². The smallest absolute Gasteiger partial charge is 0.156 e. The van der Waals surface area contributed by atoms with Crippen molar-refractivity contribution in [3.8, 4) is 0 Å². The first-order valence-corrected chi connectivity index (χ1v) is 6.22. The van der Waals surface area contributed by atoms with Crippen LogP contribution in [-0.4, -0.2) is 32.4 Å². The summed E-state index contributed by atoms with van der Waals surface area (Å²) in [6.45, 7) is 3.01. The van der Waals surface area contributed by atoms with Crippen LogP contribution >= 0.6 is 0 Å². The molecule has 1 N–H and O–H groups in total. The van der Waals surface area contributed by atoms with Gasteiger partial charge in [0.15, 0.2) is 5.65 Å². The molecule has 0 saturated heterocycles. The maximum absolute atomic E-state index is 4.66. The highest BCUT2D eigenvalue weighted by Crippen LogP contribution is 2.48. The second kappa shape index (κ2) is 2.88. The Morgan fingerprint density at radius 3 is 3.00 bits per heavy atom. The average Bonchev–Trinajstić information content (AvgIpc) is 2.99. The molecule has 2 aliphatic rings. The molecular weight excluding hydrogens is 212 g/mol. The summed E-state index contributed by atoms with van der Waals surface area (Å²) < 4.78 is 0. The molecule has 0 bridgehead atoms. The van der Waals surface area contributed by atoms with Crippen molar-refractivity contribution in [1.29, 1.82) is 0 Å². The summed E-state index contributed by atoms with van der Waals surface area (Å²) in [4.78, 5) is 15.0. The van der Waals surface area contributed by atoms with Gasteiger partial charge in [-0.2, -0.15) is 0 Å². The molecule has 0 aromatic carbocycles. The molecule has 2 aromatic heterocycles. The minimum Gasteiger partial charge on any atom is -0.340 e. The number of likely N-dealkylation sites (N-methyl/N-ethyl adjacent to an activating group) is 1. The van der Waals surface area contributed by atoms with Crippen molar-refractivity contribution in [3.63, 3.8) is 0 Å². The van der Waals surface area contributed by atoms with Gasteiger partial charge in [0.25, 0.3) is 0 Å². The van der Waals surface area contributed by atoms with Crippen LogP contribution in [0, 0.1) is 6.92 Å². The average molecular weight is 228 g/mol. The molecule has 4 rings (SSSR count). The van der Waals surface area contributed by atoms with Crippen LogP contribution in [0.4, 0.5) is 0 Å². The molecule has 1 spiro atoms. The molecule has 2 aromatic rings. The Morgan fingerprint density at radius 1 is 1.41 bits per heavy atom. The molecule has 0 unspecified atom stereocenters. The number of fused-ring (bicyclic) bond motifs is 3. The van der Waals surface area contributed by atoms with Gasteiger partial charge in [-0.3, -0.25) is 4.90 Å². The van der Waals surface area contributed by atoms with Crippen LogP contribution in [0.1, 0.15) is 29.8 Å². The van der Waals surface area contributed by atoms with E-state index in [0.717, 1.165) is 29.8 Å². The fourth-order valence-electron chi connectivity index (χ4n) is 3.04. The van der Waals surface area contributed by atoms with Gasteiger partial charge in [0.05, 0.1) is 11.9 Å². The van der Waals surface area contributed by atoms with E-state index in [1.807, 2.05) is 13.1 Å². The van der Waals surface area contributed by atoms with Crippen molar-refractivity contribution in [2.75, 3.05) is 7.05 Å². The lowest BCUT2D eigenvalue weighted by Crippen LogP contribution is -2.39. The van der Waals surface area contributed by atoms with Crippen molar-refractivity contribution in [1.82, 2.24) is 19.9 Å². The number of aromatic nitrogens is 3. The van der Waals surface area contributed by atoms with Crippen LogP contribution in [-0.2, 0) is 13.0 Å². The highest BCUT2D eigenvalue weighted by atomic mass is 15.2. The Morgan fingerprint density at radius 2 is 2.24 bits per heavy atom. The molecule has 1 aliphatic heterocycles. The van der Waals surface area contributed by atoms with E-state index in [-0.39, 0.29) is 0 Å². The SMILES string of the molecule is Cc1cnc2[nH]c3c(c2n1)CC1(CC1)N(C)C3. The third-order valence-electron chi connectivity index (χ3n) is 4.35. The van der Waals surface area contributed by atoms with Crippen molar-refractivity contribution >= 4 is 11.2 Å². The summed E-state index contributed by atoms with van der Waals surface area (Å²) >= 11 is 0. The number of hydrogen-bond donors (Lipinski definition) is 1. The van der Waals surface area contributed by atoms with Gasteiger partial charge in [-0.15, -0.1) is 0 Å². The molecule has 88 valence electrons. The topological polar surface area (TPSA) is 44.8 Å². The number of aryl methyl sites for hydroxylation is 1. The lowest BCUT2D eigenvalue weighted by Gasteiger charge is -2.32. The number of nitrogens with one attached hydrogen (secondary N) is 1. The fourth-order valence-corrected chi connectivity index (χ4v) is 3.04. The van der Waals surface area contributed by atoms with Gasteiger partial charge >= 0.3 is 0 Å². The Kier molecular flexibility index (Phi) is 1.62. The lowest BCUT2D eigenvalue weighted by molar-refractivity contribution is 0.193. The fraction of sp³-hybridized carbons (Fsp3) is 0.538. The molecule has 17 heavy (non-hydrogen) atoms. The van der Waals surface area contributed by atoms with Gasteiger partial charge in [0.2, 0.25) is 0 Å². The number of nitrogens with zero attached hydrogens (tertiary/aromatic N) is 3. The van der Waals surface area contributed by atoms with E-state index in [1.165, 1.54) is 24.1 Å². The largest absolute Gasteiger partial charge is 0.340 e. The highest BCUT2D eigenvalue weighted by Gasteiger charge is 2.49. The molecule has 0 atom stereocenters. The normalized spacial score (nSPS) is 22.0. The summed E-state index contributed by atoms with van der Waals surface area (Å²) in [5.74, 6) is 0. The summed E-state index contributed by atoms with van der Waals surface area (Å²) in [5.41, 5.74) is 6.21. The number of aromatic amines is 1. The molecule has 1 fully saturated rings. The van der Waals surface area contributed by atoms with Crippen molar-refractivity contribution in [2.24, 2.45) is 0 Å². The highest BCUT2D eigenvalue weighted by molar-refractivity contribution is 5.77. The van der Waals surface area contributed by atoms with E-state index in [1.54, 1.807) is 0 Å². The van der Waals surface area contributed by atoms with E-state index in [0.29, 0.717) is 5.54 Å². The zero-order valence-corrected chi connectivity index (χ0v) is 10.2. The first kappa shape index (κ1) is 9.59. The van der Waals surface area contributed by atoms with Gasteiger partial charge in [-0.25, -0.2) is 9.97 Å². The lowest BCUT2D eigenvalue weighted by atomic mass is 9.97. The summed E-state index contributed by atoms with van der Waals surface area (Å²) in [5, 5.41) is 0. The quantitative estimate of drug-likeness (QED) is 0.747. The third-order valence-corrected chi connectivity index (χ3v) is 4.35. The van der Waals surface area contributed by atoms with Crippen molar-refractivity contribution in [2.45, 2.75) is 38.3 Å². The van der Waals surface area contributed by atoms with Gasteiger partial charge in [0, 0.05) is 23.3 Å². The van der Waals surface area contributed by atoms with Crippen LogP contribution in [0.15, 0.2) is 6.20 Å². The molecule has 4 nitrogen and oxygen atoms in total. The second-order valence-corrected chi connectivity index (χ2v) is 5.55. The van der Waals surface area contributed by atoms with Crippen LogP contribution in [0.5, 0.6) is 0 Å². The monoisotopic (exact) mass is 228 g/mol. The van der Waals surface area contributed by atoms with E-state index in [9.17, 15) is 0 Å². The summed E-state index contributed by atoms with van der Waals surface area (Å²) in [6, 6.07) is 0. The van der Waals surface area contributed by atoms with Crippen LogP contribution < -0.4 is 0 Å². The predicted octanol–water partition coefficient (Wildman–Crippen LogP) is 1.79. The van der Waals surface area contributed by atoms with Gasteiger partial charge < -0.3 is 4.98 Å². The number of rotatable bonds is 0. The maximum atomic E-state index is 4.66. The van der Waals surface area contributed by atoms with Crippen molar-refractivity contribution < 1.29 is 0 Å². The van der Waals surface area contributed by atoms with Gasteiger partial charge in [-0.1, -0.05) is 0 Å². The Labute approximate surface area is 100 Å². The third kappa shape index (κ3) is 1.21. The van der Waals surface area contributed by atoms with Crippen LogP contribution in [0.25, 0.3) is 11.2 Å². The minimum atomic E-state index is 0.438. The molecule has 1 saturated carbocycles. The first-order chi connectivity index (χ1) is 8.18. The first-order valence-electron chi connectivity index (χ1n) is 6.22. The zero-order valence-electron chi connectivity index (χ0n) is 10.2. The summed E-state index contributed by atoms with van der Waals surface area (Å²) in [6.07, 6.45) is 5.63. The van der Waals surface area contributed by atoms with E-state index in [4.69, 9.17) is 0 Å². The number of H-pyrrole nitrogens is 1. The molecule has 0 amide bonds. The van der Waals surface area contributed by atoms with E-state index in [2.05, 4.69) is 26.9 Å². The molecule has 4 heteroatoms. The van der Waals surface area contributed by atoms with E-state index >= 15 is 0 Å². The Hall–Kier alpha value is -1.42. The number of hydrogen-bond acceptors (Lipinski definition) is 3. The second-order valence-electron chi connectivity index (χ2n) is 5.55. The van der Waals surface area contributed by atoms with E-state index < -0.39 is 0 Å². The Bertz CT molecular complexity index is 609. The molecule has 1 aliphatic carbocycles. The molecular formula is C13H16N4. The summed E-state index contributed by atoms with van der Waals surface area (Å²) in [7, 11) is 2.23. The maximum Gasteiger partial charge on any atom is 0.156 e. The molecule has 3 heterocycles.